The van der Waals surface area contributed by atoms with Gasteiger partial charge in [0.1, 0.15) is 0 Å². The maximum atomic E-state index is 12.3. The summed E-state index contributed by atoms with van der Waals surface area (Å²) in [6.07, 6.45) is 4.57. The van der Waals surface area contributed by atoms with Crippen molar-refractivity contribution in [1.82, 2.24) is 19.9 Å². The van der Waals surface area contributed by atoms with Crippen molar-refractivity contribution in [3.8, 4) is 11.4 Å². The molecule has 0 aliphatic heterocycles. The summed E-state index contributed by atoms with van der Waals surface area (Å²) in [6, 6.07) is 9.61. The first-order valence-electron chi connectivity index (χ1n) is 6.69. The van der Waals surface area contributed by atoms with E-state index in [1.54, 1.807) is 6.20 Å². The monoisotopic (exact) mass is 268 g/mol. The number of amides is 1. The molecule has 3 rings (SSSR count). The molecule has 0 saturated heterocycles. The van der Waals surface area contributed by atoms with Crippen LogP contribution in [0.1, 0.15) is 23.7 Å². The predicted molar refractivity (Wildman–Crippen MR) is 77.6 cm³/mol. The zero-order valence-electron chi connectivity index (χ0n) is 11.3. The third-order valence-electron chi connectivity index (χ3n) is 3.23. The average Bonchev–Trinajstić information content (AvgIpc) is 3.11. The molecule has 102 valence electrons. The molecular weight excluding hydrogens is 252 g/mol. The van der Waals surface area contributed by atoms with Crippen LogP contribution in [0.2, 0.25) is 0 Å². The number of pyridine rings is 1. The van der Waals surface area contributed by atoms with E-state index in [1.807, 2.05) is 47.9 Å². The van der Waals surface area contributed by atoms with E-state index in [0.717, 1.165) is 23.3 Å². The second kappa shape index (κ2) is 5.21. The van der Waals surface area contributed by atoms with Gasteiger partial charge >= 0.3 is 0 Å². The lowest BCUT2D eigenvalue weighted by molar-refractivity contribution is 0.0955. The minimum absolute atomic E-state index is 0.0404. The molecule has 0 spiro atoms. The molecule has 0 atom stereocenters. The number of aromatic amines is 1. The fourth-order valence-corrected chi connectivity index (χ4v) is 2.27. The van der Waals surface area contributed by atoms with Crippen LogP contribution in [-0.2, 0) is 0 Å². The SMILES string of the molecule is CCCNC(=O)c1cc(-c2ccn[nH]2)n2ccccc12. The molecule has 2 N–H and O–H groups in total. The summed E-state index contributed by atoms with van der Waals surface area (Å²) in [4.78, 5) is 12.3. The molecule has 0 aliphatic carbocycles. The second-order valence-corrected chi connectivity index (χ2v) is 4.63. The first kappa shape index (κ1) is 12.5. The molecule has 5 heteroatoms. The number of H-pyrrole nitrogens is 1. The zero-order chi connectivity index (χ0) is 13.9. The number of rotatable bonds is 4. The average molecular weight is 268 g/mol. The highest BCUT2D eigenvalue weighted by atomic mass is 16.1. The summed E-state index contributed by atoms with van der Waals surface area (Å²) < 4.78 is 1.99. The first-order chi connectivity index (χ1) is 9.81. The third kappa shape index (κ3) is 2.07. The Morgan fingerprint density at radius 2 is 2.30 bits per heavy atom. The summed E-state index contributed by atoms with van der Waals surface area (Å²) in [7, 11) is 0. The van der Waals surface area contributed by atoms with Crippen molar-refractivity contribution < 1.29 is 4.79 Å². The van der Waals surface area contributed by atoms with E-state index in [4.69, 9.17) is 0 Å². The largest absolute Gasteiger partial charge is 0.352 e. The van der Waals surface area contributed by atoms with Gasteiger partial charge in [-0.1, -0.05) is 13.0 Å². The Labute approximate surface area is 116 Å². The van der Waals surface area contributed by atoms with Gasteiger partial charge in [0.2, 0.25) is 0 Å². The smallest absolute Gasteiger partial charge is 0.253 e. The Morgan fingerprint density at radius 1 is 1.40 bits per heavy atom. The third-order valence-corrected chi connectivity index (χ3v) is 3.23. The fraction of sp³-hybridized carbons (Fsp3) is 0.200. The maximum absolute atomic E-state index is 12.3. The molecule has 0 fully saturated rings. The van der Waals surface area contributed by atoms with Gasteiger partial charge < -0.3 is 9.72 Å². The van der Waals surface area contributed by atoms with E-state index >= 15 is 0 Å². The number of nitrogens with zero attached hydrogens (tertiary/aromatic N) is 2. The van der Waals surface area contributed by atoms with Crippen LogP contribution >= 0.6 is 0 Å². The Hall–Kier alpha value is -2.56. The van der Waals surface area contributed by atoms with Crippen LogP contribution in [0, 0.1) is 0 Å². The van der Waals surface area contributed by atoms with Crippen LogP contribution in [0.5, 0.6) is 0 Å². The van der Waals surface area contributed by atoms with Crippen molar-refractivity contribution in [2.24, 2.45) is 0 Å². The normalized spacial score (nSPS) is 10.8. The van der Waals surface area contributed by atoms with Crippen LogP contribution < -0.4 is 5.32 Å². The topological polar surface area (TPSA) is 62.2 Å². The molecule has 5 nitrogen and oxygen atoms in total. The van der Waals surface area contributed by atoms with Crippen molar-refractivity contribution in [1.29, 1.82) is 0 Å². The van der Waals surface area contributed by atoms with Gasteiger partial charge in [0.25, 0.3) is 5.91 Å². The van der Waals surface area contributed by atoms with Crippen LogP contribution in [0.25, 0.3) is 16.9 Å². The number of nitrogens with one attached hydrogen (secondary N) is 2. The van der Waals surface area contributed by atoms with Crippen molar-refractivity contribution >= 4 is 11.4 Å². The molecule has 3 heterocycles. The van der Waals surface area contributed by atoms with Crippen LogP contribution in [0.15, 0.2) is 42.7 Å². The minimum atomic E-state index is -0.0404. The van der Waals surface area contributed by atoms with Crippen LogP contribution in [0.3, 0.4) is 0 Å². The van der Waals surface area contributed by atoms with E-state index in [2.05, 4.69) is 15.5 Å². The molecule has 3 aromatic heterocycles. The van der Waals surface area contributed by atoms with Gasteiger partial charge in [-0.15, -0.1) is 0 Å². The van der Waals surface area contributed by atoms with Gasteiger partial charge in [0.15, 0.2) is 0 Å². The van der Waals surface area contributed by atoms with E-state index in [0.29, 0.717) is 12.1 Å². The molecule has 0 aromatic carbocycles. The summed E-state index contributed by atoms with van der Waals surface area (Å²) >= 11 is 0. The molecule has 0 saturated carbocycles. The molecule has 0 radical (unpaired) electrons. The number of hydrogen-bond acceptors (Lipinski definition) is 2. The number of carbonyl (C=O) groups excluding carboxylic acids is 1. The van der Waals surface area contributed by atoms with Gasteiger partial charge in [-0.2, -0.15) is 5.10 Å². The molecule has 1 amide bonds. The fourth-order valence-electron chi connectivity index (χ4n) is 2.27. The molecule has 0 bridgehead atoms. The number of aromatic nitrogens is 3. The Balaban J connectivity index is 2.12. The highest BCUT2D eigenvalue weighted by molar-refractivity contribution is 6.02. The van der Waals surface area contributed by atoms with Gasteiger partial charge in [-0.25, -0.2) is 0 Å². The molecule has 0 unspecified atom stereocenters. The second-order valence-electron chi connectivity index (χ2n) is 4.63. The van der Waals surface area contributed by atoms with Crippen LogP contribution in [0.4, 0.5) is 0 Å². The molecule has 0 aliphatic rings. The molecule has 3 aromatic rings. The summed E-state index contributed by atoms with van der Waals surface area (Å²) in [5.74, 6) is -0.0404. The molecule has 20 heavy (non-hydrogen) atoms. The van der Waals surface area contributed by atoms with E-state index in [9.17, 15) is 4.79 Å². The van der Waals surface area contributed by atoms with Crippen LogP contribution in [-0.4, -0.2) is 27.0 Å². The van der Waals surface area contributed by atoms with E-state index < -0.39 is 0 Å². The predicted octanol–water partition coefficient (Wildman–Crippen LogP) is 2.47. The van der Waals surface area contributed by atoms with Gasteiger partial charge in [-0.3, -0.25) is 9.89 Å². The standard InChI is InChI=1S/C15H16N4O/c1-2-7-16-15(20)11-10-14(12-6-8-17-18-12)19-9-4-3-5-13(11)19/h3-6,8-10H,2,7H2,1H3,(H,16,20)(H,17,18). The lowest BCUT2D eigenvalue weighted by Crippen LogP contribution is -2.23. The zero-order valence-corrected chi connectivity index (χ0v) is 11.3. The van der Waals surface area contributed by atoms with Gasteiger partial charge in [0.05, 0.1) is 22.5 Å². The maximum Gasteiger partial charge on any atom is 0.253 e. The van der Waals surface area contributed by atoms with Crippen molar-refractivity contribution in [2.75, 3.05) is 6.54 Å². The van der Waals surface area contributed by atoms with Crippen molar-refractivity contribution in [2.45, 2.75) is 13.3 Å². The Kier molecular flexibility index (Phi) is 3.25. The minimum Gasteiger partial charge on any atom is -0.352 e. The highest BCUT2D eigenvalue weighted by Gasteiger charge is 2.16. The highest BCUT2D eigenvalue weighted by Crippen LogP contribution is 2.24. The van der Waals surface area contributed by atoms with E-state index in [-0.39, 0.29) is 5.91 Å². The summed E-state index contributed by atoms with van der Waals surface area (Å²) in [5, 5.41) is 9.83. The lowest BCUT2D eigenvalue weighted by Gasteiger charge is -2.02. The number of hydrogen-bond donors (Lipinski definition) is 2. The van der Waals surface area contributed by atoms with Gasteiger partial charge in [-0.05, 0) is 30.7 Å². The van der Waals surface area contributed by atoms with Gasteiger partial charge in [0, 0.05) is 18.9 Å². The Morgan fingerprint density at radius 3 is 3.05 bits per heavy atom. The quantitative estimate of drug-likeness (QED) is 0.763. The van der Waals surface area contributed by atoms with E-state index in [1.165, 1.54) is 0 Å². The summed E-state index contributed by atoms with van der Waals surface area (Å²) in [6.45, 7) is 2.72. The molecular formula is C15H16N4O. The van der Waals surface area contributed by atoms with Crippen molar-refractivity contribution in [3.63, 3.8) is 0 Å². The first-order valence-corrected chi connectivity index (χ1v) is 6.69. The summed E-state index contributed by atoms with van der Waals surface area (Å²) in [5.41, 5.74) is 3.40. The lowest BCUT2D eigenvalue weighted by atomic mass is 10.2. The number of fused-ring (bicyclic) bond motifs is 1. The number of carbonyl (C=O) groups is 1. The Bertz CT molecular complexity index is 728. The van der Waals surface area contributed by atoms with Crippen molar-refractivity contribution in [3.05, 3.63) is 48.3 Å².